The van der Waals surface area contributed by atoms with Crippen LogP contribution in [-0.2, 0) is 19.2 Å². The van der Waals surface area contributed by atoms with E-state index < -0.39 is 47.9 Å². The third-order valence-electron chi connectivity index (χ3n) is 4.49. The van der Waals surface area contributed by atoms with Gasteiger partial charge < -0.3 is 38.3 Å². The van der Waals surface area contributed by atoms with Crippen molar-refractivity contribution in [2.24, 2.45) is 17.2 Å². The van der Waals surface area contributed by atoms with Crippen LogP contribution in [0.1, 0.15) is 38.5 Å². The molecule has 0 aliphatic rings. The first kappa shape index (κ1) is 29.5. The molecule has 0 rings (SSSR count). The molecule has 0 aromatic rings. The third-order valence-corrected chi connectivity index (χ3v) is 5.25. The molecule has 0 aliphatic heterocycles. The lowest BCUT2D eigenvalue weighted by Crippen LogP contribution is -2.57. The van der Waals surface area contributed by atoms with Gasteiger partial charge in [0.15, 0.2) is 0 Å². The zero-order valence-electron chi connectivity index (χ0n) is 17.6. The summed E-state index contributed by atoms with van der Waals surface area (Å²) in [6.45, 7) is 0.846. The first-order valence-electron chi connectivity index (χ1n) is 10.2. The molecule has 0 aliphatic carbocycles. The summed E-state index contributed by atoms with van der Waals surface area (Å²) in [5.74, 6) is -2.98. The lowest BCUT2D eigenvalue weighted by Gasteiger charge is -2.25. The molecule has 0 heterocycles. The van der Waals surface area contributed by atoms with Crippen LogP contribution in [0.3, 0.4) is 0 Å². The molecule has 0 saturated heterocycles. The van der Waals surface area contributed by atoms with Crippen molar-refractivity contribution in [3.05, 3.63) is 0 Å². The summed E-state index contributed by atoms with van der Waals surface area (Å²) in [5.41, 5.74) is 16.7. The number of carbonyl (C=O) groups is 4. The summed E-state index contributed by atoms with van der Waals surface area (Å²) in [4.78, 5) is 48.8. The average molecular weight is 481 g/mol. The molecule has 0 aromatic heterocycles. The SMILES string of the molecule is NCCCC[C@H](NC(=O)[C@H](CCCCN)NC(=O)[C@@H](N)CS)C(=O)N[C@@H](CS)C(=O)O. The first-order chi connectivity index (χ1) is 14.7. The van der Waals surface area contributed by atoms with Gasteiger partial charge >= 0.3 is 5.97 Å². The van der Waals surface area contributed by atoms with Gasteiger partial charge in [-0.3, -0.25) is 14.4 Å². The van der Waals surface area contributed by atoms with E-state index in [-0.39, 0.29) is 17.9 Å². The highest BCUT2D eigenvalue weighted by atomic mass is 32.1. The van der Waals surface area contributed by atoms with E-state index in [0.717, 1.165) is 0 Å². The summed E-state index contributed by atoms with van der Waals surface area (Å²) in [5, 5.41) is 16.7. The Morgan fingerprint density at radius 2 is 1.13 bits per heavy atom. The van der Waals surface area contributed by atoms with E-state index in [0.29, 0.717) is 45.2 Å². The first-order valence-corrected chi connectivity index (χ1v) is 11.5. The number of unbranched alkanes of at least 4 members (excludes halogenated alkanes) is 2. The highest BCUT2D eigenvalue weighted by Crippen LogP contribution is 2.06. The fraction of sp³-hybridized carbons (Fsp3) is 0.778. The van der Waals surface area contributed by atoms with Gasteiger partial charge in [0.1, 0.15) is 18.1 Å². The highest BCUT2D eigenvalue weighted by Gasteiger charge is 2.29. The fourth-order valence-electron chi connectivity index (χ4n) is 2.61. The van der Waals surface area contributed by atoms with Crippen LogP contribution in [0.4, 0.5) is 0 Å². The van der Waals surface area contributed by atoms with Gasteiger partial charge in [0.05, 0.1) is 6.04 Å². The number of amides is 3. The Balaban J connectivity index is 5.34. The van der Waals surface area contributed by atoms with Crippen molar-refractivity contribution in [1.29, 1.82) is 0 Å². The number of rotatable bonds is 17. The van der Waals surface area contributed by atoms with Crippen LogP contribution in [-0.4, -0.2) is 77.6 Å². The minimum absolute atomic E-state index is 0.105. The molecule has 3 amide bonds. The van der Waals surface area contributed by atoms with Crippen molar-refractivity contribution in [1.82, 2.24) is 16.0 Å². The number of carboxylic acid groups (broad SMARTS) is 1. The van der Waals surface area contributed by atoms with E-state index in [1.807, 2.05) is 0 Å². The number of nitrogens with two attached hydrogens (primary N) is 3. The van der Waals surface area contributed by atoms with Gasteiger partial charge in [-0.05, 0) is 51.6 Å². The molecule has 0 aromatic carbocycles. The van der Waals surface area contributed by atoms with Crippen LogP contribution in [0, 0.1) is 0 Å². The second-order valence-electron chi connectivity index (χ2n) is 7.06. The van der Waals surface area contributed by atoms with Gasteiger partial charge in [-0.1, -0.05) is 0 Å². The monoisotopic (exact) mass is 480 g/mol. The van der Waals surface area contributed by atoms with Crippen molar-refractivity contribution in [3.63, 3.8) is 0 Å². The maximum absolute atomic E-state index is 12.9. The zero-order valence-corrected chi connectivity index (χ0v) is 19.4. The predicted octanol–water partition coefficient (Wildman–Crippen LogP) is -2.03. The molecule has 13 heteroatoms. The van der Waals surface area contributed by atoms with Crippen molar-refractivity contribution in [2.45, 2.75) is 62.7 Å². The van der Waals surface area contributed by atoms with Crippen LogP contribution >= 0.6 is 25.3 Å². The molecule has 4 atom stereocenters. The molecule has 0 unspecified atom stereocenters. The van der Waals surface area contributed by atoms with Crippen molar-refractivity contribution >= 4 is 48.9 Å². The number of nitrogens with one attached hydrogen (secondary N) is 3. The number of carbonyl (C=O) groups excluding carboxylic acids is 3. The van der Waals surface area contributed by atoms with Gasteiger partial charge in [-0.2, -0.15) is 25.3 Å². The van der Waals surface area contributed by atoms with Crippen LogP contribution in [0.15, 0.2) is 0 Å². The topological polar surface area (TPSA) is 203 Å². The second-order valence-corrected chi connectivity index (χ2v) is 7.79. The molecule has 0 spiro atoms. The fourth-order valence-corrected chi connectivity index (χ4v) is 3.03. The van der Waals surface area contributed by atoms with Crippen LogP contribution in [0.5, 0.6) is 0 Å². The lowest BCUT2D eigenvalue weighted by molar-refractivity contribution is -0.141. The summed E-state index contributed by atoms with van der Waals surface area (Å²) in [6.07, 6.45) is 2.97. The Hall–Kier alpha value is -1.54. The quantitative estimate of drug-likeness (QED) is 0.0837. The van der Waals surface area contributed by atoms with E-state index in [1.54, 1.807) is 0 Å². The smallest absolute Gasteiger partial charge is 0.327 e. The minimum atomic E-state index is -1.23. The Morgan fingerprint density at radius 1 is 0.710 bits per heavy atom. The molecule has 11 nitrogen and oxygen atoms in total. The molecule has 180 valence electrons. The summed E-state index contributed by atoms with van der Waals surface area (Å²) >= 11 is 7.91. The number of aliphatic carboxylic acids is 1. The average Bonchev–Trinajstić information content (AvgIpc) is 2.74. The largest absolute Gasteiger partial charge is 0.480 e. The summed E-state index contributed by atoms with van der Waals surface area (Å²) < 4.78 is 0. The standard InChI is InChI=1S/C18H36N6O5S2/c19-7-3-1-5-12(22-15(25)11(21)9-30)16(26)23-13(6-2-4-8-20)17(27)24-14(10-31)18(28)29/h11-14,30-31H,1-10,19-21H2,(H,22,25)(H,23,26)(H,24,27)(H,28,29)/t11-,12-,13-,14-/m0/s1. The van der Waals surface area contributed by atoms with Crippen LogP contribution in [0.25, 0.3) is 0 Å². The van der Waals surface area contributed by atoms with E-state index in [9.17, 15) is 19.2 Å². The van der Waals surface area contributed by atoms with Crippen molar-refractivity contribution < 1.29 is 24.3 Å². The zero-order chi connectivity index (χ0) is 23.8. The summed E-state index contributed by atoms with van der Waals surface area (Å²) in [6, 6.07) is -4.00. The summed E-state index contributed by atoms with van der Waals surface area (Å²) in [7, 11) is 0. The Kier molecular flexibility index (Phi) is 16.2. The lowest BCUT2D eigenvalue weighted by atomic mass is 10.0. The normalized spacial score (nSPS) is 14.7. The molecule has 0 bridgehead atoms. The molecule has 10 N–H and O–H groups in total. The second kappa shape index (κ2) is 17.1. The predicted molar refractivity (Wildman–Crippen MR) is 125 cm³/mol. The van der Waals surface area contributed by atoms with Gasteiger partial charge in [-0.25, -0.2) is 4.79 Å². The number of hydrogen-bond acceptors (Lipinski definition) is 9. The van der Waals surface area contributed by atoms with E-state index in [1.165, 1.54) is 0 Å². The van der Waals surface area contributed by atoms with Crippen LogP contribution in [0.2, 0.25) is 0 Å². The Morgan fingerprint density at radius 3 is 1.48 bits per heavy atom. The van der Waals surface area contributed by atoms with Crippen LogP contribution < -0.4 is 33.2 Å². The molecule has 0 radical (unpaired) electrons. The molecule has 0 saturated carbocycles. The highest BCUT2D eigenvalue weighted by molar-refractivity contribution is 7.80. The van der Waals surface area contributed by atoms with E-state index in [4.69, 9.17) is 22.3 Å². The van der Waals surface area contributed by atoms with Crippen molar-refractivity contribution in [2.75, 3.05) is 24.6 Å². The van der Waals surface area contributed by atoms with Gasteiger partial charge in [0, 0.05) is 11.5 Å². The molecular weight excluding hydrogens is 444 g/mol. The number of carboxylic acids is 1. The number of hydrogen-bond donors (Lipinski definition) is 9. The maximum atomic E-state index is 12.9. The Bertz CT molecular complexity index is 584. The number of thiol groups is 2. The van der Waals surface area contributed by atoms with Gasteiger partial charge in [-0.15, -0.1) is 0 Å². The Labute approximate surface area is 193 Å². The van der Waals surface area contributed by atoms with Crippen molar-refractivity contribution in [3.8, 4) is 0 Å². The maximum Gasteiger partial charge on any atom is 0.327 e. The molecule has 31 heavy (non-hydrogen) atoms. The van der Waals surface area contributed by atoms with Gasteiger partial charge in [0.25, 0.3) is 0 Å². The molecule has 0 fully saturated rings. The molecular formula is C18H36N6O5S2. The van der Waals surface area contributed by atoms with Gasteiger partial charge in [0.2, 0.25) is 17.7 Å². The van der Waals surface area contributed by atoms with E-state index >= 15 is 0 Å². The third kappa shape index (κ3) is 12.2. The minimum Gasteiger partial charge on any atom is -0.480 e. The van der Waals surface area contributed by atoms with E-state index in [2.05, 4.69) is 41.2 Å².